The molecule has 0 bridgehead atoms. The van der Waals surface area contributed by atoms with Crippen LogP contribution in [0.3, 0.4) is 0 Å². The van der Waals surface area contributed by atoms with Crippen molar-refractivity contribution in [3.05, 3.63) is 65.4 Å². The number of nitrogens with zero attached hydrogens (tertiary/aromatic N) is 2. The lowest BCUT2D eigenvalue weighted by molar-refractivity contribution is 0.101. The Morgan fingerprint density at radius 3 is 2.30 bits per heavy atom. The topological polar surface area (TPSA) is 75.1 Å². The number of Topliss-reactive ketones (excluding diaryl/α,β-unsaturated/α-hetero) is 1. The maximum Gasteiger partial charge on any atom is 0.228 e. The average molecular weight is 363 g/mol. The van der Waals surface area contributed by atoms with E-state index in [1.54, 1.807) is 12.1 Å². The Balaban J connectivity index is 0.00000126. The summed E-state index contributed by atoms with van der Waals surface area (Å²) in [6.07, 6.45) is 0. The maximum absolute atomic E-state index is 11.7. The summed E-state index contributed by atoms with van der Waals surface area (Å²) < 4.78 is 0. The van der Waals surface area contributed by atoms with Crippen LogP contribution < -0.4 is 5.32 Å². The first-order valence-corrected chi connectivity index (χ1v) is 8.97. The second-order valence-electron chi connectivity index (χ2n) is 5.89. The number of aromatic nitrogens is 2. The van der Waals surface area contributed by atoms with Gasteiger partial charge in [-0.3, -0.25) is 4.79 Å². The molecule has 2 aromatic carbocycles. The van der Waals surface area contributed by atoms with E-state index in [1.165, 1.54) is 13.0 Å². The van der Waals surface area contributed by atoms with Crippen molar-refractivity contribution in [1.29, 1.82) is 0 Å². The van der Waals surface area contributed by atoms with Crippen molar-refractivity contribution >= 4 is 17.4 Å². The fourth-order valence-corrected chi connectivity index (χ4v) is 2.58. The molecule has 0 spiro atoms. The van der Waals surface area contributed by atoms with Crippen molar-refractivity contribution in [2.24, 2.45) is 0 Å². The number of benzene rings is 2. The van der Waals surface area contributed by atoms with Gasteiger partial charge in [0.25, 0.3) is 0 Å². The Morgan fingerprint density at radius 2 is 1.67 bits per heavy atom. The third-order valence-electron chi connectivity index (χ3n) is 4.07. The van der Waals surface area contributed by atoms with E-state index >= 15 is 0 Å². The van der Waals surface area contributed by atoms with Gasteiger partial charge in [-0.15, -0.1) is 0 Å². The molecule has 0 saturated carbocycles. The van der Waals surface area contributed by atoms with Gasteiger partial charge >= 0.3 is 0 Å². The van der Waals surface area contributed by atoms with E-state index in [2.05, 4.69) is 15.3 Å². The average Bonchev–Trinajstić information content (AvgIpc) is 2.67. The Bertz CT molecular complexity index is 938. The highest BCUT2D eigenvalue weighted by atomic mass is 16.3. The van der Waals surface area contributed by atoms with Crippen LogP contribution in [0.1, 0.15) is 42.4 Å². The molecule has 2 N–H and O–H groups in total. The van der Waals surface area contributed by atoms with Crippen LogP contribution in [0.4, 0.5) is 11.6 Å². The molecule has 27 heavy (non-hydrogen) atoms. The molecule has 0 atom stereocenters. The molecular weight excluding hydrogens is 338 g/mol. The summed E-state index contributed by atoms with van der Waals surface area (Å²) >= 11 is 0. The largest absolute Gasteiger partial charge is 0.507 e. The van der Waals surface area contributed by atoms with Gasteiger partial charge in [-0.05, 0) is 56.7 Å². The zero-order chi connectivity index (χ0) is 20.0. The van der Waals surface area contributed by atoms with Crippen molar-refractivity contribution in [1.82, 2.24) is 9.97 Å². The predicted octanol–water partition coefficient (Wildman–Crippen LogP) is 5.44. The van der Waals surface area contributed by atoms with E-state index in [4.69, 9.17) is 0 Å². The first-order chi connectivity index (χ1) is 13.0. The second kappa shape index (κ2) is 8.94. The molecule has 0 aliphatic carbocycles. The lowest BCUT2D eigenvalue weighted by Crippen LogP contribution is -2.03. The van der Waals surface area contributed by atoms with Gasteiger partial charge in [0.2, 0.25) is 5.95 Å². The van der Waals surface area contributed by atoms with E-state index in [-0.39, 0.29) is 17.1 Å². The summed E-state index contributed by atoms with van der Waals surface area (Å²) in [5.74, 6) is 0.273. The minimum atomic E-state index is -0.189. The molecule has 3 rings (SSSR count). The number of phenols is 1. The van der Waals surface area contributed by atoms with Gasteiger partial charge in [-0.25, -0.2) is 9.97 Å². The van der Waals surface area contributed by atoms with E-state index in [0.717, 1.165) is 28.2 Å². The van der Waals surface area contributed by atoms with Gasteiger partial charge in [0.05, 0.1) is 11.3 Å². The zero-order valence-electron chi connectivity index (χ0n) is 16.4. The van der Waals surface area contributed by atoms with Crippen molar-refractivity contribution in [2.45, 2.75) is 34.6 Å². The highest BCUT2D eigenvalue weighted by Crippen LogP contribution is 2.29. The summed E-state index contributed by atoms with van der Waals surface area (Å²) in [5.41, 5.74) is 4.45. The molecule has 1 heterocycles. The van der Waals surface area contributed by atoms with Crippen LogP contribution in [0.25, 0.3) is 11.3 Å². The number of carbonyl (C=O) groups excluding carboxylic acids is 1. The number of hydrogen-bond acceptors (Lipinski definition) is 5. The number of aromatic hydroxyl groups is 1. The normalized spacial score (nSPS) is 9.96. The summed E-state index contributed by atoms with van der Waals surface area (Å²) in [6, 6.07) is 14.6. The van der Waals surface area contributed by atoms with Crippen LogP contribution in [0.2, 0.25) is 0 Å². The molecule has 5 nitrogen and oxygen atoms in total. The van der Waals surface area contributed by atoms with Crippen molar-refractivity contribution in [3.8, 4) is 17.0 Å². The maximum atomic E-state index is 11.7. The van der Waals surface area contributed by atoms with Crippen LogP contribution in [0.15, 0.2) is 48.5 Å². The number of para-hydroxylation sites is 1. The minimum absolute atomic E-state index is 0.0256. The third kappa shape index (κ3) is 4.70. The summed E-state index contributed by atoms with van der Waals surface area (Å²) in [4.78, 5) is 20.8. The van der Waals surface area contributed by atoms with Crippen molar-refractivity contribution in [3.63, 3.8) is 0 Å². The summed E-state index contributed by atoms with van der Waals surface area (Å²) in [5, 5.41) is 13.1. The monoisotopic (exact) mass is 363 g/mol. The van der Waals surface area contributed by atoms with E-state index in [1.807, 2.05) is 58.0 Å². The number of phenolic OH excluding ortho intramolecular Hbond substituents is 1. The van der Waals surface area contributed by atoms with Crippen LogP contribution in [-0.2, 0) is 0 Å². The predicted molar refractivity (Wildman–Crippen MR) is 110 cm³/mol. The Hall–Kier alpha value is -3.21. The first kappa shape index (κ1) is 20.1. The number of rotatable bonds is 4. The first-order valence-electron chi connectivity index (χ1n) is 8.97. The summed E-state index contributed by atoms with van der Waals surface area (Å²) in [6.45, 7) is 9.29. The zero-order valence-corrected chi connectivity index (χ0v) is 16.4. The molecule has 0 aliphatic rings. The van der Waals surface area contributed by atoms with E-state index < -0.39 is 0 Å². The van der Waals surface area contributed by atoms with E-state index in [0.29, 0.717) is 5.95 Å². The fourth-order valence-electron chi connectivity index (χ4n) is 2.58. The van der Waals surface area contributed by atoms with Crippen molar-refractivity contribution in [2.75, 3.05) is 5.32 Å². The number of nitrogens with one attached hydrogen (secondary N) is 1. The molecule has 5 heteroatoms. The molecule has 0 unspecified atom stereocenters. The third-order valence-corrected chi connectivity index (χ3v) is 4.07. The lowest BCUT2D eigenvalue weighted by atomic mass is 10.0. The Labute approximate surface area is 160 Å². The van der Waals surface area contributed by atoms with Crippen LogP contribution >= 0.6 is 0 Å². The minimum Gasteiger partial charge on any atom is -0.507 e. The lowest BCUT2D eigenvalue weighted by Gasteiger charge is -2.13. The SMILES string of the molecule is CC.CC(=O)c1cc(-c2nc(Nc3ccccc3)nc(C)c2C)ccc1O. The highest BCUT2D eigenvalue weighted by Gasteiger charge is 2.14. The molecule has 0 saturated heterocycles. The molecule has 0 fully saturated rings. The number of aryl methyl sites for hydroxylation is 1. The number of hydrogen-bond donors (Lipinski definition) is 2. The van der Waals surface area contributed by atoms with E-state index in [9.17, 15) is 9.90 Å². The van der Waals surface area contributed by atoms with Crippen molar-refractivity contribution < 1.29 is 9.90 Å². The molecule has 0 amide bonds. The highest BCUT2D eigenvalue weighted by molar-refractivity contribution is 5.98. The van der Waals surface area contributed by atoms with Gasteiger partial charge in [-0.2, -0.15) is 0 Å². The number of carbonyl (C=O) groups is 1. The molecular formula is C22H25N3O2. The van der Waals surface area contributed by atoms with Gasteiger partial charge < -0.3 is 10.4 Å². The molecule has 140 valence electrons. The Kier molecular flexibility index (Phi) is 6.66. The van der Waals surface area contributed by atoms with Gasteiger partial charge in [0, 0.05) is 16.9 Å². The second-order valence-corrected chi connectivity index (χ2v) is 5.89. The smallest absolute Gasteiger partial charge is 0.228 e. The molecule has 1 aromatic heterocycles. The molecule has 3 aromatic rings. The fraction of sp³-hybridized carbons (Fsp3) is 0.227. The van der Waals surface area contributed by atoms with Crippen LogP contribution in [-0.4, -0.2) is 20.9 Å². The van der Waals surface area contributed by atoms with Gasteiger partial charge in [0.15, 0.2) is 5.78 Å². The standard InChI is InChI=1S/C20H19N3O2.C2H6/c1-12-13(2)21-20(22-16-7-5-4-6-8-16)23-19(12)15-9-10-18(25)17(11-15)14(3)24;1-2/h4-11,25H,1-3H3,(H,21,22,23);1-2H3. The van der Waals surface area contributed by atoms with Gasteiger partial charge in [0.1, 0.15) is 5.75 Å². The van der Waals surface area contributed by atoms with Crippen LogP contribution in [0, 0.1) is 13.8 Å². The number of ketones is 1. The van der Waals surface area contributed by atoms with Gasteiger partial charge in [-0.1, -0.05) is 32.0 Å². The number of anilines is 2. The van der Waals surface area contributed by atoms with Crippen LogP contribution in [0.5, 0.6) is 5.75 Å². The molecule has 0 aliphatic heterocycles. The Morgan fingerprint density at radius 1 is 1.00 bits per heavy atom. The molecule has 0 radical (unpaired) electrons. The quantitative estimate of drug-likeness (QED) is 0.604. The summed E-state index contributed by atoms with van der Waals surface area (Å²) in [7, 11) is 0.